The van der Waals surface area contributed by atoms with Gasteiger partial charge < -0.3 is 20.3 Å². The number of nitrogens with zero attached hydrogens (tertiary/aromatic N) is 4. The summed E-state index contributed by atoms with van der Waals surface area (Å²) in [6.07, 6.45) is 5.09. The first-order valence-corrected chi connectivity index (χ1v) is 10.6. The van der Waals surface area contributed by atoms with Crippen LogP contribution in [-0.2, 0) is 12.5 Å². The number of rotatable bonds is 6. The average molecular weight is 466 g/mol. The average Bonchev–Trinajstić information content (AvgIpc) is 3.43. The molecule has 1 unspecified atom stereocenters. The van der Waals surface area contributed by atoms with Crippen molar-refractivity contribution in [3.63, 3.8) is 0 Å². The van der Waals surface area contributed by atoms with Gasteiger partial charge in [-0.15, -0.1) is 0 Å². The maximum Gasteiger partial charge on any atom is 0.322 e. The molecule has 180 valence electrons. The first kappa shape index (κ1) is 22.7. The quantitative estimate of drug-likeness (QED) is 0.421. The van der Waals surface area contributed by atoms with E-state index in [1.165, 1.54) is 10.9 Å². The van der Waals surface area contributed by atoms with Gasteiger partial charge in [0.2, 0.25) is 5.88 Å². The number of hydrogen-bond donors (Lipinski definition) is 5. The van der Waals surface area contributed by atoms with Crippen molar-refractivity contribution in [2.45, 2.75) is 65.2 Å². The Hall–Kier alpha value is -3.51. The molecule has 0 radical (unpaired) electrons. The molecule has 5 N–H and O–H groups in total. The zero-order chi connectivity index (χ0) is 24.0. The number of anilines is 1. The molecule has 11 nitrogen and oxygen atoms in total. The second-order valence-electron chi connectivity index (χ2n) is 9.53. The summed E-state index contributed by atoms with van der Waals surface area (Å²) in [4.78, 5) is 20.9. The molecule has 0 aromatic carbocycles. The van der Waals surface area contributed by atoms with E-state index < -0.39 is 23.3 Å². The summed E-state index contributed by atoms with van der Waals surface area (Å²) in [5, 5.41) is 19.0. The minimum Gasteiger partial charge on any atom is -0.492 e. The van der Waals surface area contributed by atoms with E-state index in [0.717, 1.165) is 26.0 Å². The number of aromatic amines is 1. The molecule has 2 aromatic rings. The van der Waals surface area contributed by atoms with Crippen LogP contribution in [0.25, 0.3) is 12.0 Å². The lowest BCUT2D eigenvalue weighted by molar-refractivity contribution is 0.0124. The third-order valence-electron chi connectivity index (χ3n) is 4.92. The van der Waals surface area contributed by atoms with Crippen molar-refractivity contribution in [3.05, 3.63) is 39.3 Å². The molecule has 0 spiro atoms. The van der Waals surface area contributed by atoms with Gasteiger partial charge in [0.05, 0.1) is 12.4 Å². The SMILES string of the molecule is CC(C)(C)Cn1[nH]oc(=C(O)NC2CC2)c(=O)n2c1=CC(Nc1cnc(C(C)(F)F)cn1)N2. The maximum absolute atomic E-state index is 13.4. The van der Waals surface area contributed by atoms with Gasteiger partial charge in [-0.25, -0.2) is 19.3 Å². The van der Waals surface area contributed by atoms with Crippen LogP contribution in [0, 0.1) is 5.41 Å². The first-order valence-electron chi connectivity index (χ1n) is 10.6. The van der Waals surface area contributed by atoms with Gasteiger partial charge in [-0.1, -0.05) is 20.8 Å². The minimum absolute atomic E-state index is 0.107. The van der Waals surface area contributed by atoms with Crippen molar-refractivity contribution in [2.75, 3.05) is 10.7 Å². The van der Waals surface area contributed by atoms with Gasteiger partial charge in [-0.2, -0.15) is 14.1 Å². The van der Waals surface area contributed by atoms with E-state index in [9.17, 15) is 18.7 Å². The van der Waals surface area contributed by atoms with Crippen LogP contribution >= 0.6 is 0 Å². The zero-order valence-electron chi connectivity index (χ0n) is 18.8. The van der Waals surface area contributed by atoms with Gasteiger partial charge in [0.15, 0.2) is 5.48 Å². The lowest BCUT2D eigenvalue weighted by Gasteiger charge is -2.18. The topological polar surface area (TPSA) is 138 Å². The molecule has 2 aliphatic rings. The summed E-state index contributed by atoms with van der Waals surface area (Å²) in [6, 6.07) is 0.107. The Morgan fingerprint density at radius 3 is 2.58 bits per heavy atom. The summed E-state index contributed by atoms with van der Waals surface area (Å²) in [5.41, 5.74) is 1.89. The van der Waals surface area contributed by atoms with E-state index in [0.29, 0.717) is 12.0 Å². The van der Waals surface area contributed by atoms with E-state index in [-0.39, 0.29) is 28.6 Å². The van der Waals surface area contributed by atoms with Crippen LogP contribution in [0.15, 0.2) is 21.7 Å². The summed E-state index contributed by atoms with van der Waals surface area (Å²) < 4.78 is 35.1. The van der Waals surface area contributed by atoms with Crippen LogP contribution in [-0.4, -0.2) is 41.9 Å². The Kier molecular flexibility index (Phi) is 5.58. The summed E-state index contributed by atoms with van der Waals surface area (Å²) >= 11 is 0. The van der Waals surface area contributed by atoms with Crippen LogP contribution in [0.4, 0.5) is 14.6 Å². The molecule has 2 aromatic heterocycles. The Bertz CT molecular complexity index is 1240. The molecule has 0 saturated heterocycles. The Morgan fingerprint density at radius 2 is 2.00 bits per heavy atom. The largest absolute Gasteiger partial charge is 0.492 e. The fraction of sp³-hybridized carbons (Fsp3) is 0.550. The Balaban J connectivity index is 1.72. The third kappa shape index (κ3) is 5.29. The predicted octanol–water partition coefficient (Wildman–Crippen LogP) is 0.795. The van der Waals surface area contributed by atoms with Gasteiger partial charge in [0, 0.05) is 25.6 Å². The third-order valence-corrected chi connectivity index (χ3v) is 4.92. The number of nitrogens with one attached hydrogen (secondary N) is 4. The second kappa shape index (κ2) is 8.12. The van der Waals surface area contributed by atoms with Gasteiger partial charge in [0.1, 0.15) is 17.7 Å². The van der Waals surface area contributed by atoms with Crippen molar-refractivity contribution in [2.24, 2.45) is 5.41 Å². The smallest absolute Gasteiger partial charge is 0.322 e. The number of aliphatic hydroxyl groups excluding tert-OH is 1. The molecule has 0 bridgehead atoms. The van der Waals surface area contributed by atoms with Gasteiger partial charge in [0.25, 0.3) is 11.3 Å². The van der Waals surface area contributed by atoms with E-state index in [1.807, 2.05) is 20.8 Å². The first-order chi connectivity index (χ1) is 15.4. The number of H-pyrrole nitrogens is 1. The van der Waals surface area contributed by atoms with Crippen molar-refractivity contribution in [1.82, 2.24) is 29.9 Å². The van der Waals surface area contributed by atoms with Crippen molar-refractivity contribution in [3.8, 4) is 0 Å². The molecule has 13 heteroatoms. The lowest BCUT2D eigenvalue weighted by Crippen LogP contribution is -2.46. The molecule has 1 aliphatic carbocycles. The number of fused-ring (bicyclic) bond motifs is 1. The fourth-order valence-electron chi connectivity index (χ4n) is 3.22. The molecule has 0 amide bonds. The number of aliphatic hydroxyl groups is 1. The highest BCUT2D eigenvalue weighted by molar-refractivity contribution is 5.45. The number of aromatic nitrogens is 5. The van der Waals surface area contributed by atoms with E-state index in [4.69, 9.17) is 4.52 Å². The number of halogens is 2. The van der Waals surface area contributed by atoms with Gasteiger partial charge in [-0.05, 0) is 18.3 Å². The molecular formula is C20H28F2N8O3. The van der Waals surface area contributed by atoms with Crippen LogP contribution in [0.1, 0.15) is 46.2 Å². The van der Waals surface area contributed by atoms with Gasteiger partial charge >= 0.3 is 5.56 Å². The highest BCUT2D eigenvalue weighted by Crippen LogP contribution is 2.24. The van der Waals surface area contributed by atoms with E-state index in [2.05, 4.69) is 31.3 Å². The Morgan fingerprint density at radius 1 is 1.27 bits per heavy atom. The van der Waals surface area contributed by atoms with Crippen LogP contribution in [0.2, 0.25) is 0 Å². The molecule has 33 heavy (non-hydrogen) atoms. The molecule has 1 atom stereocenters. The number of hydrogen-bond acceptors (Lipinski definition) is 8. The van der Waals surface area contributed by atoms with Crippen LogP contribution < -0.4 is 32.5 Å². The van der Waals surface area contributed by atoms with Gasteiger partial charge in [-0.3, -0.25) is 10.2 Å². The second-order valence-corrected chi connectivity index (χ2v) is 9.53. The maximum atomic E-state index is 13.4. The monoisotopic (exact) mass is 466 g/mol. The van der Waals surface area contributed by atoms with Crippen molar-refractivity contribution in [1.29, 1.82) is 0 Å². The predicted molar refractivity (Wildman–Crippen MR) is 117 cm³/mol. The Labute approximate surface area is 187 Å². The summed E-state index contributed by atoms with van der Waals surface area (Å²) in [7, 11) is 0. The fourth-order valence-corrected chi connectivity index (χ4v) is 3.22. The molecule has 3 heterocycles. The molecule has 1 aliphatic heterocycles. The molecule has 1 fully saturated rings. The van der Waals surface area contributed by atoms with Crippen LogP contribution in [0.3, 0.4) is 0 Å². The van der Waals surface area contributed by atoms with E-state index in [1.54, 1.807) is 10.8 Å². The lowest BCUT2D eigenvalue weighted by atomic mass is 9.97. The minimum atomic E-state index is -3.09. The number of alkyl halides is 2. The summed E-state index contributed by atoms with van der Waals surface area (Å²) in [5.74, 6) is -3.21. The normalized spacial score (nSPS) is 18.7. The van der Waals surface area contributed by atoms with Crippen LogP contribution in [0.5, 0.6) is 0 Å². The zero-order valence-corrected chi connectivity index (χ0v) is 18.8. The van der Waals surface area contributed by atoms with Crippen molar-refractivity contribution < 1.29 is 18.4 Å². The molecular weight excluding hydrogens is 438 g/mol. The standard InChI is InChI=1S/C20H28F2N8O3/c1-19(2,3)10-29-15-7-13(26-14-9-23-12(8-24-14)20(4,21)22)27-30(15)18(32)16(33-28-29)17(31)25-11-5-6-11/h7-9,11,13,25,27-28,31H,5-6,10H2,1-4H3,(H,24,26). The highest BCUT2D eigenvalue weighted by Gasteiger charge is 2.27. The molecule has 1 saturated carbocycles. The highest BCUT2D eigenvalue weighted by atomic mass is 19.3. The summed E-state index contributed by atoms with van der Waals surface area (Å²) in [6.45, 7) is 7.27. The van der Waals surface area contributed by atoms with Crippen molar-refractivity contribution >= 4 is 17.8 Å². The van der Waals surface area contributed by atoms with E-state index >= 15 is 0 Å². The molecule has 4 rings (SSSR count).